The summed E-state index contributed by atoms with van der Waals surface area (Å²) in [5, 5.41) is 5.59. The Morgan fingerprint density at radius 2 is 2.14 bits per heavy atom. The van der Waals surface area contributed by atoms with Crippen LogP contribution in [0.15, 0.2) is 29.6 Å². The van der Waals surface area contributed by atoms with Crippen molar-refractivity contribution in [2.75, 3.05) is 7.11 Å². The number of aromatic nitrogens is 1. The first-order chi connectivity index (χ1) is 10.6. The van der Waals surface area contributed by atoms with Crippen molar-refractivity contribution in [1.82, 2.24) is 10.3 Å². The molecule has 1 fully saturated rings. The summed E-state index contributed by atoms with van der Waals surface area (Å²) in [5.41, 5.74) is 0.960. The number of halogens is 1. The van der Waals surface area contributed by atoms with E-state index < -0.39 is 5.54 Å². The molecule has 3 rings (SSSR count). The van der Waals surface area contributed by atoms with Crippen molar-refractivity contribution < 1.29 is 13.9 Å². The minimum absolute atomic E-state index is 0.192. The van der Waals surface area contributed by atoms with Crippen LogP contribution in [0.4, 0.5) is 4.39 Å². The Morgan fingerprint density at radius 1 is 1.41 bits per heavy atom. The average molecular weight is 320 g/mol. The summed E-state index contributed by atoms with van der Waals surface area (Å²) in [5.74, 6) is -0.462. The van der Waals surface area contributed by atoms with Gasteiger partial charge in [-0.05, 0) is 37.0 Å². The topological polar surface area (TPSA) is 51.2 Å². The van der Waals surface area contributed by atoms with Crippen molar-refractivity contribution in [3.8, 4) is 0 Å². The van der Waals surface area contributed by atoms with Crippen LogP contribution in [0.1, 0.15) is 40.3 Å². The van der Waals surface area contributed by atoms with Gasteiger partial charge in [0.05, 0.1) is 12.1 Å². The first kappa shape index (κ1) is 15.1. The van der Waals surface area contributed by atoms with Crippen molar-refractivity contribution in [3.05, 3.63) is 51.7 Å². The molecular formula is C16H17FN2O2S. The van der Waals surface area contributed by atoms with Crippen molar-refractivity contribution in [2.45, 2.75) is 31.4 Å². The molecule has 0 radical (unpaired) electrons. The maximum absolute atomic E-state index is 13.1. The molecule has 1 aliphatic rings. The van der Waals surface area contributed by atoms with E-state index in [1.165, 1.54) is 23.5 Å². The first-order valence-electron chi connectivity index (χ1n) is 7.15. The molecule has 116 valence electrons. The van der Waals surface area contributed by atoms with Gasteiger partial charge >= 0.3 is 0 Å². The summed E-state index contributed by atoms with van der Waals surface area (Å²) in [6.07, 6.45) is 2.77. The minimum atomic E-state index is -0.393. The normalized spacial score (nSPS) is 16.1. The molecule has 6 heteroatoms. The molecule has 4 nitrogen and oxygen atoms in total. The second-order valence-corrected chi connectivity index (χ2v) is 6.40. The van der Waals surface area contributed by atoms with Crippen LogP contribution in [0, 0.1) is 5.82 Å². The fourth-order valence-corrected chi connectivity index (χ4v) is 3.42. The largest absolute Gasteiger partial charge is 0.378 e. The van der Waals surface area contributed by atoms with Gasteiger partial charge in [-0.3, -0.25) is 4.79 Å². The highest BCUT2D eigenvalue weighted by molar-refractivity contribution is 7.09. The molecule has 1 aromatic carbocycles. The number of rotatable bonds is 5. The maximum Gasteiger partial charge on any atom is 0.271 e. The van der Waals surface area contributed by atoms with Crippen LogP contribution in [0.5, 0.6) is 0 Å². The fraction of sp³-hybridized carbons (Fsp3) is 0.375. The molecule has 0 saturated heterocycles. The fourth-order valence-electron chi connectivity index (χ4n) is 2.67. The molecule has 0 atom stereocenters. The third-order valence-corrected chi connectivity index (χ3v) is 4.83. The highest BCUT2D eigenvalue weighted by atomic mass is 32.1. The van der Waals surface area contributed by atoms with E-state index in [0.717, 1.165) is 29.8 Å². The molecule has 1 saturated carbocycles. The molecule has 0 aliphatic heterocycles. The molecule has 22 heavy (non-hydrogen) atoms. The average Bonchev–Trinajstić information content (AvgIpc) is 2.93. The number of nitrogens with zero attached hydrogens (tertiary/aromatic N) is 1. The van der Waals surface area contributed by atoms with Gasteiger partial charge in [0, 0.05) is 12.5 Å². The van der Waals surface area contributed by atoms with E-state index in [0.29, 0.717) is 12.3 Å². The van der Waals surface area contributed by atoms with E-state index in [1.807, 2.05) is 0 Å². The monoisotopic (exact) mass is 320 g/mol. The summed E-state index contributed by atoms with van der Waals surface area (Å²) >= 11 is 1.41. The number of thiazole rings is 1. The van der Waals surface area contributed by atoms with Gasteiger partial charge in [0.15, 0.2) is 0 Å². The number of amides is 1. The van der Waals surface area contributed by atoms with Crippen molar-refractivity contribution in [1.29, 1.82) is 0 Å². The minimum Gasteiger partial charge on any atom is -0.378 e. The summed E-state index contributed by atoms with van der Waals surface area (Å²) in [7, 11) is 1.60. The second-order valence-electron chi connectivity index (χ2n) is 5.46. The van der Waals surface area contributed by atoms with Crippen molar-refractivity contribution in [2.24, 2.45) is 0 Å². The van der Waals surface area contributed by atoms with Crippen LogP contribution >= 0.6 is 11.3 Å². The van der Waals surface area contributed by atoms with E-state index >= 15 is 0 Å². The lowest BCUT2D eigenvalue weighted by Gasteiger charge is -2.43. The lowest BCUT2D eigenvalue weighted by atomic mass is 9.71. The standard InChI is InChI=1S/C16H17FN2O2S/c1-21-9-14-18-13(10-22-14)15(20)19-16(7-2-8-16)11-3-5-12(17)6-4-11/h3-6,10H,2,7-9H2,1H3,(H,19,20). The van der Waals surface area contributed by atoms with Crippen LogP contribution in [0.2, 0.25) is 0 Å². The van der Waals surface area contributed by atoms with E-state index in [4.69, 9.17) is 4.74 Å². The number of methoxy groups -OCH3 is 1. The summed E-state index contributed by atoms with van der Waals surface area (Å²) in [6, 6.07) is 6.35. The molecule has 0 unspecified atom stereocenters. The SMILES string of the molecule is COCc1nc(C(=O)NC2(c3ccc(F)cc3)CCC2)cs1. The molecule has 1 N–H and O–H groups in total. The van der Waals surface area contributed by atoms with Crippen LogP contribution in [-0.2, 0) is 16.9 Å². The molecular weight excluding hydrogens is 303 g/mol. The Labute approximate surface area is 132 Å². The van der Waals surface area contributed by atoms with Gasteiger partial charge in [0.2, 0.25) is 0 Å². The van der Waals surface area contributed by atoms with Gasteiger partial charge in [-0.15, -0.1) is 11.3 Å². The zero-order valence-corrected chi connectivity index (χ0v) is 13.1. The Bertz CT molecular complexity index is 665. The van der Waals surface area contributed by atoms with Gasteiger partial charge < -0.3 is 10.1 Å². The molecule has 2 aromatic rings. The van der Waals surface area contributed by atoms with E-state index in [2.05, 4.69) is 10.3 Å². The van der Waals surface area contributed by atoms with E-state index in [1.54, 1.807) is 24.6 Å². The number of carbonyl (C=O) groups excluding carboxylic acids is 1. The number of carbonyl (C=O) groups is 1. The van der Waals surface area contributed by atoms with Crippen molar-refractivity contribution >= 4 is 17.2 Å². The van der Waals surface area contributed by atoms with Gasteiger partial charge in [0.25, 0.3) is 5.91 Å². The highest BCUT2D eigenvalue weighted by Crippen LogP contribution is 2.41. The Hall–Kier alpha value is -1.79. The molecule has 0 bridgehead atoms. The lowest BCUT2D eigenvalue weighted by Crippen LogP contribution is -2.50. The van der Waals surface area contributed by atoms with Crippen LogP contribution < -0.4 is 5.32 Å². The third kappa shape index (κ3) is 2.89. The Balaban J connectivity index is 1.77. The maximum atomic E-state index is 13.1. The number of hydrogen-bond acceptors (Lipinski definition) is 4. The Kier molecular flexibility index (Phi) is 4.22. The van der Waals surface area contributed by atoms with Crippen LogP contribution in [0.3, 0.4) is 0 Å². The molecule has 1 aliphatic carbocycles. The van der Waals surface area contributed by atoms with E-state index in [-0.39, 0.29) is 11.7 Å². The number of hydrogen-bond donors (Lipinski definition) is 1. The number of ether oxygens (including phenoxy) is 1. The van der Waals surface area contributed by atoms with Gasteiger partial charge in [-0.2, -0.15) is 0 Å². The summed E-state index contributed by atoms with van der Waals surface area (Å²) in [6.45, 7) is 0.404. The van der Waals surface area contributed by atoms with E-state index in [9.17, 15) is 9.18 Å². The molecule has 0 spiro atoms. The smallest absolute Gasteiger partial charge is 0.271 e. The van der Waals surface area contributed by atoms with Gasteiger partial charge in [-0.1, -0.05) is 12.1 Å². The zero-order valence-electron chi connectivity index (χ0n) is 12.3. The number of benzene rings is 1. The third-order valence-electron chi connectivity index (χ3n) is 4.01. The van der Waals surface area contributed by atoms with Crippen LogP contribution in [-0.4, -0.2) is 18.0 Å². The molecule has 1 heterocycles. The summed E-state index contributed by atoms with van der Waals surface area (Å²) in [4.78, 5) is 16.7. The highest BCUT2D eigenvalue weighted by Gasteiger charge is 2.40. The number of nitrogens with one attached hydrogen (secondary N) is 1. The quantitative estimate of drug-likeness (QED) is 0.920. The molecule has 1 amide bonds. The summed E-state index contributed by atoms with van der Waals surface area (Å²) < 4.78 is 18.1. The molecule has 1 aromatic heterocycles. The first-order valence-corrected chi connectivity index (χ1v) is 8.03. The van der Waals surface area contributed by atoms with Crippen LogP contribution in [0.25, 0.3) is 0 Å². The predicted molar refractivity (Wildman–Crippen MR) is 82.2 cm³/mol. The van der Waals surface area contributed by atoms with Crippen molar-refractivity contribution in [3.63, 3.8) is 0 Å². The van der Waals surface area contributed by atoms with Gasteiger partial charge in [0.1, 0.15) is 16.5 Å². The zero-order chi connectivity index (χ0) is 15.6. The predicted octanol–water partition coefficient (Wildman–Crippen LogP) is 3.24. The lowest BCUT2D eigenvalue weighted by molar-refractivity contribution is 0.0818. The van der Waals surface area contributed by atoms with Gasteiger partial charge in [-0.25, -0.2) is 9.37 Å². The second kappa shape index (κ2) is 6.14. The Morgan fingerprint density at radius 3 is 2.73 bits per heavy atom.